The predicted molar refractivity (Wildman–Crippen MR) is 91.6 cm³/mol. The number of aryl methyl sites for hydroxylation is 1. The van der Waals surface area contributed by atoms with Gasteiger partial charge in [0.05, 0.1) is 0 Å². The molecule has 0 aliphatic carbocycles. The van der Waals surface area contributed by atoms with Crippen molar-refractivity contribution >= 4 is 26.7 Å². The number of halogens is 1. The first-order valence-corrected chi connectivity index (χ1v) is 7.80. The number of aliphatic hydroxyl groups is 1. The number of aliphatic hydroxyl groups excluding tert-OH is 1. The van der Waals surface area contributed by atoms with Crippen molar-refractivity contribution in [2.75, 3.05) is 0 Å². The van der Waals surface area contributed by atoms with E-state index in [1.165, 1.54) is 0 Å². The number of fused-ring (bicyclic) bond motifs is 1. The van der Waals surface area contributed by atoms with Crippen molar-refractivity contribution in [1.82, 2.24) is 0 Å². The van der Waals surface area contributed by atoms with Gasteiger partial charge in [0.25, 0.3) is 0 Å². The van der Waals surface area contributed by atoms with E-state index in [0.717, 1.165) is 37.5 Å². The summed E-state index contributed by atoms with van der Waals surface area (Å²) in [7, 11) is 0. The fraction of sp³-hybridized carbons (Fsp3) is 0.158. The van der Waals surface area contributed by atoms with Crippen LogP contribution >= 0.6 is 15.9 Å². The van der Waals surface area contributed by atoms with Gasteiger partial charge in [0.1, 0.15) is 6.10 Å². The zero-order valence-electron chi connectivity index (χ0n) is 12.1. The lowest BCUT2D eigenvalue weighted by atomic mass is 9.90. The maximum absolute atomic E-state index is 11.0. The Balaban J connectivity index is 2.24. The standard InChI is InChI=1S/C19H17BrO/c1-12-10-11-14-6-3-4-7-16(14)18(12)19(21)15-8-5-9-17(20)13(15)2/h3-11,19,21H,1-2H3. The molecule has 3 aromatic carbocycles. The first kappa shape index (κ1) is 14.3. The molecule has 0 radical (unpaired) electrons. The van der Waals surface area contributed by atoms with Gasteiger partial charge in [-0.2, -0.15) is 0 Å². The second-order valence-electron chi connectivity index (χ2n) is 5.37. The molecule has 1 N–H and O–H groups in total. The third kappa shape index (κ3) is 2.50. The van der Waals surface area contributed by atoms with Crippen molar-refractivity contribution in [2.45, 2.75) is 20.0 Å². The van der Waals surface area contributed by atoms with Crippen LogP contribution in [0.25, 0.3) is 10.8 Å². The second kappa shape index (κ2) is 5.63. The summed E-state index contributed by atoms with van der Waals surface area (Å²) in [5, 5.41) is 13.2. The molecular weight excluding hydrogens is 324 g/mol. The van der Waals surface area contributed by atoms with E-state index in [2.05, 4.69) is 47.1 Å². The third-order valence-corrected chi connectivity index (χ3v) is 4.93. The number of hydrogen-bond donors (Lipinski definition) is 1. The summed E-state index contributed by atoms with van der Waals surface area (Å²) in [5.74, 6) is 0. The maximum Gasteiger partial charge on any atom is 0.105 e. The van der Waals surface area contributed by atoms with Crippen molar-refractivity contribution in [2.24, 2.45) is 0 Å². The molecule has 2 heteroatoms. The van der Waals surface area contributed by atoms with Crippen LogP contribution in [0.1, 0.15) is 28.4 Å². The summed E-state index contributed by atoms with van der Waals surface area (Å²) >= 11 is 3.54. The van der Waals surface area contributed by atoms with Crippen molar-refractivity contribution < 1.29 is 5.11 Å². The Bertz CT molecular complexity index is 808. The Morgan fingerprint density at radius 2 is 1.67 bits per heavy atom. The van der Waals surface area contributed by atoms with Crippen molar-refractivity contribution in [3.05, 3.63) is 81.3 Å². The van der Waals surface area contributed by atoms with Gasteiger partial charge in [0.15, 0.2) is 0 Å². The van der Waals surface area contributed by atoms with E-state index in [0.29, 0.717) is 0 Å². The Labute approximate surface area is 133 Å². The zero-order valence-corrected chi connectivity index (χ0v) is 13.7. The zero-order chi connectivity index (χ0) is 15.0. The van der Waals surface area contributed by atoms with E-state index in [1.807, 2.05) is 37.3 Å². The first-order chi connectivity index (χ1) is 10.1. The smallest absolute Gasteiger partial charge is 0.105 e. The Morgan fingerprint density at radius 3 is 2.48 bits per heavy atom. The Morgan fingerprint density at radius 1 is 0.905 bits per heavy atom. The molecule has 0 aromatic heterocycles. The lowest BCUT2D eigenvalue weighted by molar-refractivity contribution is 0.220. The molecule has 106 valence electrons. The Kier molecular flexibility index (Phi) is 3.83. The number of hydrogen-bond acceptors (Lipinski definition) is 1. The van der Waals surface area contributed by atoms with Crippen LogP contribution in [0.2, 0.25) is 0 Å². The van der Waals surface area contributed by atoms with Crippen LogP contribution < -0.4 is 0 Å². The van der Waals surface area contributed by atoms with E-state index < -0.39 is 6.10 Å². The lowest BCUT2D eigenvalue weighted by Crippen LogP contribution is -2.05. The molecule has 0 saturated carbocycles. The fourth-order valence-corrected chi connectivity index (χ4v) is 3.22. The van der Waals surface area contributed by atoms with Gasteiger partial charge in [-0.25, -0.2) is 0 Å². The molecule has 3 rings (SSSR count). The summed E-state index contributed by atoms with van der Waals surface area (Å²) in [4.78, 5) is 0. The molecule has 0 fully saturated rings. The molecule has 0 heterocycles. The van der Waals surface area contributed by atoms with Gasteiger partial charge in [0, 0.05) is 4.47 Å². The highest BCUT2D eigenvalue weighted by molar-refractivity contribution is 9.10. The largest absolute Gasteiger partial charge is 0.384 e. The van der Waals surface area contributed by atoms with Crippen LogP contribution in [0.3, 0.4) is 0 Å². The van der Waals surface area contributed by atoms with Gasteiger partial charge in [-0.1, -0.05) is 64.5 Å². The number of benzene rings is 3. The minimum Gasteiger partial charge on any atom is -0.384 e. The predicted octanol–water partition coefficient (Wildman–Crippen LogP) is 5.30. The molecule has 1 nitrogen and oxygen atoms in total. The Hall–Kier alpha value is -1.64. The van der Waals surface area contributed by atoms with Gasteiger partial charge < -0.3 is 5.11 Å². The molecule has 0 amide bonds. The molecule has 0 aliphatic rings. The quantitative estimate of drug-likeness (QED) is 0.670. The highest BCUT2D eigenvalue weighted by Gasteiger charge is 2.18. The molecule has 1 atom stereocenters. The van der Waals surface area contributed by atoms with Crippen LogP contribution in [0.5, 0.6) is 0 Å². The van der Waals surface area contributed by atoms with Gasteiger partial charge in [-0.3, -0.25) is 0 Å². The van der Waals surface area contributed by atoms with Gasteiger partial charge in [-0.15, -0.1) is 0 Å². The number of rotatable bonds is 2. The summed E-state index contributed by atoms with van der Waals surface area (Å²) < 4.78 is 1.02. The second-order valence-corrected chi connectivity index (χ2v) is 6.23. The van der Waals surface area contributed by atoms with Crippen molar-refractivity contribution in [1.29, 1.82) is 0 Å². The van der Waals surface area contributed by atoms with Crippen LogP contribution in [-0.2, 0) is 0 Å². The molecule has 21 heavy (non-hydrogen) atoms. The minimum atomic E-state index is -0.617. The normalized spacial score (nSPS) is 12.6. The van der Waals surface area contributed by atoms with Crippen LogP contribution in [0, 0.1) is 13.8 Å². The van der Waals surface area contributed by atoms with Crippen molar-refractivity contribution in [3.63, 3.8) is 0 Å². The summed E-state index contributed by atoms with van der Waals surface area (Å²) in [6, 6.07) is 18.4. The molecule has 1 unspecified atom stereocenters. The van der Waals surface area contributed by atoms with Crippen molar-refractivity contribution in [3.8, 4) is 0 Å². The summed E-state index contributed by atoms with van der Waals surface area (Å²) in [5.41, 5.74) is 4.14. The van der Waals surface area contributed by atoms with Gasteiger partial charge in [-0.05, 0) is 52.9 Å². The van der Waals surface area contributed by atoms with E-state index in [9.17, 15) is 5.11 Å². The maximum atomic E-state index is 11.0. The molecule has 0 saturated heterocycles. The van der Waals surface area contributed by atoms with E-state index >= 15 is 0 Å². The van der Waals surface area contributed by atoms with E-state index in [4.69, 9.17) is 0 Å². The van der Waals surface area contributed by atoms with E-state index in [1.54, 1.807) is 0 Å². The summed E-state index contributed by atoms with van der Waals surface area (Å²) in [6.45, 7) is 4.08. The average molecular weight is 341 g/mol. The summed E-state index contributed by atoms with van der Waals surface area (Å²) in [6.07, 6.45) is -0.617. The molecule has 0 aliphatic heterocycles. The molecule has 0 spiro atoms. The molecule has 0 bridgehead atoms. The minimum absolute atomic E-state index is 0.617. The topological polar surface area (TPSA) is 20.2 Å². The SMILES string of the molecule is Cc1ccc2ccccc2c1C(O)c1cccc(Br)c1C. The van der Waals surface area contributed by atoms with Gasteiger partial charge in [0.2, 0.25) is 0 Å². The lowest BCUT2D eigenvalue weighted by Gasteiger charge is -2.19. The highest BCUT2D eigenvalue weighted by Crippen LogP contribution is 2.34. The third-order valence-electron chi connectivity index (χ3n) is 4.07. The molecule has 3 aromatic rings. The molecular formula is C19H17BrO. The van der Waals surface area contributed by atoms with Crippen LogP contribution in [0.15, 0.2) is 59.1 Å². The monoisotopic (exact) mass is 340 g/mol. The highest BCUT2D eigenvalue weighted by atomic mass is 79.9. The van der Waals surface area contributed by atoms with Crippen LogP contribution in [-0.4, -0.2) is 5.11 Å². The van der Waals surface area contributed by atoms with E-state index in [-0.39, 0.29) is 0 Å². The van der Waals surface area contributed by atoms with Crippen LogP contribution in [0.4, 0.5) is 0 Å². The first-order valence-electron chi connectivity index (χ1n) is 7.01. The van der Waals surface area contributed by atoms with Gasteiger partial charge >= 0.3 is 0 Å². The fourth-order valence-electron chi connectivity index (χ4n) is 2.84. The average Bonchev–Trinajstić information content (AvgIpc) is 2.49.